The molecular formula is C7H17NO2Si. The van der Waals surface area contributed by atoms with Gasteiger partial charge in [-0.1, -0.05) is 6.08 Å². The van der Waals surface area contributed by atoms with E-state index in [1.807, 2.05) is 13.0 Å². The molecule has 0 aromatic heterocycles. The van der Waals surface area contributed by atoms with Crippen molar-refractivity contribution in [2.45, 2.75) is 18.5 Å². The first-order valence-corrected chi connectivity index (χ1v) is 5.22. The van der Waals surface area contributed by atoms with Crippen molar-refractivity contribution in [3.05, 3.63) is 12.7 Å². The van der Waals surface area contributed by atoms with Crippen LogP contribution in [0.4, 0.5) is 0 Å². The molecule has 3 nitrogen and oxygen atoms in total. The molecule has 0 spiro atoms. The van der Waals surface area contributed by atoms with E-state index in [-0.39, 0.29) is 11.6 Å². The van der Waals surface area contributed by atoms with Crippen molar-refractivity contribution < 1.29 is 8.85 Å². The summed E-state index contributed by atoms with van der Waals surface area (Å²) in [7, 11) is 1.70. The van der Waals surface area contributed by atoms with Crippen molar-refractivity contribution in [3.63, 3.8) is 0 Å². The Morgan fingerprint density at radius 3 is 2.00 bits per heavy atom. The van der Waals surface area contributed by atoms with Crippen molar-refractivity contribution in [3.8, 4) is 0 Å². The van der Waals surface area contributed by atoms with Crippen LogP contribution in [0, 0.1) is 0 Å². The molecule has 0 heterocycles. The fourth-order valence-corrected chi connectivity index (χ4v) is 2.52. The summed E-state index contributed by atoms with van der Waals surface area (Å²) in [5.41, 5.74) is 5.89. The van der Waals surface area contributed by atoms with Gasteiger partial charge in [0.2, 0.25) is 0 Å². The second-order valence-corrected chi connectivity index (χ2v) is 4.96. The summed E-state index contributed by atoms with van der Waals surface area (Å²) in [6.07, 6.45) is 1.81. The lowest BCUT2D eigenvalue weighted by atomic mass is 10.2. The van der Waals surface area contributed by atoms with E-state index in [4.69, 9.17) is 14.6 Å². The number of hydrogen-bond acceptors (Lipinski definition) is 3. The van der Waals surface area contributed by atoms with Crippen LogP contribution in [-0.4, -0.2) is 29.5 Å². The average Bonchev–Trinajstić information content (AvgIpc) is 1.99. The standard InChI is InChI=1S/C7H17NO2Si/c1-5-7(6(2)8)11(9-3)10-4/h5-7,11H,1,8H2,2-4H3. The van der Waals surface area contributed by atoms with Crippen LogP contribution in [0.1, 0.15) is 6.92 Å². The molecule has 2 N–H and O–H groups in total. The molecule has 0 saturated heterocycles. The maximum atomic E-state index is 5.70. The van der Waals surface area contributed by atoms with Crippen molar-refractivity contribution in [1.82, 2.24) is 0 Å². The van der Waals surface area contributed by atoms with Crippen molar-refractivity contribution in [1.29, 1.82) is 0 Å². The van der Waals surface area contributed by atoms with E-state index >= 15 is 0 Å². The highest BCUT2D eigenvalue weighted by atomic mass is 28.3. The molecule has 0 aliphatic heterocycles. The van der Waals surface area contributed by atoms with Gasteiger partial charge in [0.1, 0.15) is 0 Å². The second-order valence-electron chi connectivity index (χ2n) is 2.51. The molecule has 0 rings (SSSR count). The van der Waals surface area contributed by atoms with Crippen LogP contribution in [-0.2, 0) is 8.85 Å². The SMILES string of the molecule is C=CC(C(C)N)[SiH](OC)OC. The zero-order chi connectivity index (χ0) is 8.85. The fraction of sp³-hybridized carbons (Fsp3) is 0.714. The molecule has 0 fully saturated rings. The van der Waals surface area contributed by atoms with Crippen molar-refractivity contribution in [2.75, 3.05) is 14.2 Å². The van der Waals surface area contributed by atoms with E-state index in [0.717, 1.165) is 0 Å². The molecule has 0 aromatic carbocycles. The van der Waals surface area contributed by atoms with E-state index < -0.39 is 9.28 Å². The predicted octanol–water partition coefficient (Wildman–Crippen LogP) is 0.403. The number of hydrogen-bond donors (Lipinski definition) is 1. The Morgan fingerprint density at radius 1 is 1.45 bits per heavy atom. The summed E-state index contributed by atoms with van der Waals surface area (Å²) in [4.78, 5) is 0. The van der Waals surface area contributed by atoms with Crippen LogP contribution < -0.4 is 5.73 Å². The van der Waals surface area contributed by atoms with Crippen molar-refractivity contribution >= 4 is 9.28 Å². The van der Waals surface area contributed by atoms with Crippen LogP contribution in [0.5, 0.6) is 0 Å². The lowest BCUT2D eigenvalue weighted by molar-refractivity contribution is 0.267. The number of rotatable bonds is 5. The molecular weight excluding hydrogens is 158 g/mol. The summed E-state index contributed by atoms with van der Waals surface area (Å²) in [6.45, 7) is 5.63. The Bertz CT molecular complexity index is 115. The highest BCUT2D eigenvalue weighted by Crippen LogP contribution is 2.15. The minimum atomic E-state index is -1.61. The van der Waals surface area contributed by atoms with Gasteiger partial charge in [0.25, 0.3) is 0 Å². The first-order chi connectivity index (χ1) is 5.17. The molecule has 4 heteroatoms. The Hall–Kier alpha value is -0.163. The molecule has 0 saturated carbocycles. The Kier molecular flexibility index (Phi) is 5.40. The Labute approximate surface area is 70.0 Å². The number of nitrogens with two attached hydrogens (primary N) is 1. The van der Waals surface area contributed by atoms with Gasteiger partial charge in [-0.2, -0.15) is 0 Å². The largest absolute Gasteiger partial charge is 0.400 e. The van der Waals surface area contributed by atoms with Crippen molar-refractivity contribution in [2.24, 2.45) is 5.73 Å². The third kappa shape index (κ3) is 3.16. The second kappa shape index (κ2) is 5.48. The Morgan fingerprint density at radius 2 is 1.91 bits per heavy atom. The lowest BCUT2D eigenvalue weighted by Crippen LogP contribution is -2.35. The van der Waals surface area contributed by atoms with Gasteiger partial charge in [-0.25, -0.2) is 0 Å². The molecule has 0 amide bonds. The molecule has 2 unspecified atom stereocenters. The average molecular weight is 175 g/mol. The van der Waals surface area contributed by atoms with Gasteiger partial charge in [-0.3, -0.25) is 0 Å². The summed E-state index contributed by atoms with van der Waals surface area (Å²) in [5, 5.41) is 0. The predicted molar refractivity (Wildman–Crippen MR) is 48.8 cm³/mol. The van der Waals surface area contributed by atoms with E-state index in [9.17, 15) is 0 Å². The smallest absolute Gasteiger partial charge is 0.329 e. The molecule has 0 aromatic rings. The van der Waals surface area contributed by atoms with E-state index in [1.54, 1.807) is 14.2 Å². The van der Waals surface area contributed by atoms with Gasteiger partial charge in [-0.05, 0) is 6.92 Å². The minimum Gasteiger partial charge on any atom is -0.400 e. The summed E-state index contributed by atoms with van der Waals surface area (Å²) in [5.74, 6) is 0. The van der Waals surface area contributed by atoms with E-state index in [2.05, 4.69) is 6.58 Å². The minimum absolute atomic E-state index is 0.0593. The molecule has 0 aliphatic carbocycles. The normalized spacial score (nSPS) is 16.5. The van der Waals surface area contributed by atoms with Gasteiger partial charge in [0, 0.05) is 25.8 Å². The first-order valence-electron chi connectivity index (χ1n) is 3.61. The van der Waals surface area contributed by atoms with Gasteiger partial charge in [0.05, 0.1) is 0 Å². The van der Waals surface area contributed by atoms with Gasteiger partial charge in [0.15, 0.2) is 0 Å². The van der Waals surface area contributed by atoms with E-state index in [0.29, 0.717) is 0 Å². The fourth-order valence-electron chi connectivity index (χ4n) is 0.984. The highest BCUT2D eigenvalue weighted by molar-refractivity contribution is 6.47. The third-order valence-electron chi connectivity index (χ3n) is 1.66. The maximum absolute atomic E-state index is 5.70. The zero-order valence-electron chi connectivity index (χ0n) is 7.41. The third-order valence-corrected chi connectivity index (χ3v) is 4.10. The van der Waals surface area contributed by atoms with Crippen LogP contribution in [0.3, 0.4) is 0 Å². The maximum Gasteiger partial charge on any atom is 0.329 e. The zero-order valence-corrected chi connectivity index (χ0v) is 8.57. The first kappa shape index (κ1) is 10.8. The summed E-state index contributed by atoms with van der Waals surface area (Å²) >= 11 is 0. The topological polar surface area (TPSA) is 44.5 Å². The molecule has 0 aliphatic rings. The van der Waals surface area contributed by atoms with Crippen LogP contribution >= 0.6 is 0 Å². The van der Waals surface area contributed by atoms with E-state index in [1.165, 1.54) is 0 Å². The summed E-state index contributed by atoms with van der Waals surface area (Å²) in [6, 6.07) is 0.0593. The van der Waals surface area contributed by atoms with Crippen LogP contribution in [0.2, 0.25) is 5.54 Å². The van der Waals surface area contributed by atoms with Gasteiger partial charge in [-0.15, -0.1) is 6.58 Å². The van der Waals surface area contributed by atoms with Crippen LogP contribution in [0.25, 0.3) is 0 Å². The monoisotopic (exact) mass is 175 g/mol. The Balaban J connectivity index is 4.08. The quantitative estimate of drug-likeness (QED) is 0.486. The molecule has 0 bridgehead atoms. The molecule has 0 radical (unpaired) electrons. The van der Waals surface area contributed by atoms with Crippen LogP contribution in [0.15, 0.2) is 12.7 Å². The molecule has 2 atom stereocenters. The molecule has 11 heavy (non-hydrogen) atoms. The summed E-state index contributed by atoms with van der Waals surface area (Å²) < 4.78 is 10.4. The lowest BCUT2D eigenvalue weighted by Gasteiger charge is -2.22. The highest BCUT2D eigenvalue weighted by Gasteiger charge is 2.24. The van der Waals surface area contributed by atoms with Gasteiger partial charge >= 0.3 is 9.28 Å². The van der Waals surface area contributed by atoms with Gasteiger partial charge < -0.3 is 14.6 Å². The molecule has 66 valence electrons.